The highest BCUT2D eigenvalue weighted by molar-refractivity contribution is 7.12. The molecule has 0 radical (unpaired) electrons. The summed E-state index contributed by atoms with van der Waals surface area (Å²) in [4.78, 5) is 2.59. The lowest BCUT2D eigenvalue weighted by Gasteiger charge is -2.06. The Morgan fingerprint density at radius 2 is 2.41 bits per heavy atom. The first-order chi connectivity index (χ1) is 8.22. The summed E-state index contributed by atoms with van der Waals surface area (Å²) in [6, 6.07) is 2.19. The Labute approximate surface area is 105 Å². The summed E-state index contributed by atoms with van der Waals surface area (Å²) < 4.78 is 1.77. The van der Waals surface area contributed by atoms with Crippen LogP contribution in [0, 0.1) is 0 Å². The van der Waals surface area contributed by atoms with Gasteiger partial charge in [-0.3, -0.25) is 4.68 Å². The molecule has 4 heteroatoms. The first kappa shape index (κ1) is 11.0. The molecule has 1 atom stereocenters. The molecule has 2 aromatic rings. The molecule has 1 aliphatic rings. The van der Waals surface area contributed by atoms with Gasteiger partial charge in [0.1, 0.15) is 0 Å². The summed E-state index contributed by atoms with van der Waals surface area (Å²) in [5, 5.41) is 14.3. The lowest BCUT2D eigenvalue weighted by Crippen LogP contribution is -1.98. The van der Waals surface area contributed by atoms with Crippen LogP contribution in [-0.4, -0.2) is 14.9 Å². The standard InChI is InChI=1S/C13H16N2OS/c1-15-8-9(7-14-15)5-11(16)13-6-10-3-2-4-12(10)17-13/h6-8,11,16H,2-5H2,1H3. The molecule has 1 unspecified atom stereocenters. The zero-order valence-electron chi connectivity index (χ0n) is 9.89. The van der Waals surface area contributed by atoms with Gasteiger partial charge in [0.25, 0.3) is 0 Å². The first-order valence-corrected chi connectivity index (χ1v) is 6.81. The average molecular weight is 248 g/mol. The average Bonchev–Trinajstić information content (AvgIpc) is 2.92. The molecule has 0 bridgehead atoms. The van der Waals surface area contributed by atoms with Crippen LogP contribution in [0.4, 0.5) is 0 Å². The molecule has 2 heterocycles. The summed E-state index contributed by atoms with van der Waals surface area (Å²) in [7, 11) is 1.90. The maximum atomic E-state index is 10.2. The van der Waals surface area contributed by atoms with E-state index in [-0.39, 0.29) is 6.10 Å². The predicted octanol–water partition coefficient (Wildman–Crippen LogP) is 2.25. The van der Waals surface area contributed by atoms with Gasteiger partial charge in [-0.2, -0.15) is 5.10 Å². The number of thiophene rings is 1. The minimum atomic E-state index is -0.380. The molecule has 3 nitrogen and oxygen atoms in total. The first-order valence-electron chi connectivity index (χ1n) is 5.99. The molecule has 0 saturated heterocycles. The number of hydrogen-bond donors (Lipinski definition) is 1. The number of hydrogen-bond acceptors (Lipinski definition) is 3. The van der Waals surface area contributed by atoms with Crippen LogP contribution in [0.1, 0.15) is 33.4 Å². The van der Waals surface area contributed by atoms with E-state index < -0.39 is 0 Å². The lowest BCUT2D eigenvalue weighted by atomic mass is 10.1. The summed E-state index contributed by atoms with van der Waals surface area (Å²) in [6.45, 7) is 0. The molecule has 1 N–H and O–H groups in total. The van der Waals surface area contributed by atoms with Gasteiger partial charge in [0, 0.05) is 29.4 Å². The number of aryl methyl sites for hydroxylation is 3. The Kier molecular flexibility index (Phi) is 2.76. The summed E-state index contributed by atoms with van der Waals surface area (Å²) >= 11 is 1.78. The molecule has 17 heavy (non-hydrogen) atoms. The number of nitrogens with zero attached hydrogens (tertiary/aromatic N) is 2. The number of rotatable bonds is 3. The van der Waals surface area contributed by atoms with Crippen molar-refractivity contribution < 1.29 is 5.11 Å². The zero-order chi connectivity index (χ0) is 11.8. The van der Waals surface area contributed by atoms with Gasteiger partial charge in [-0.25, -0.2) is 0 Å². The van der Waals surface area contributed by atoms with Crippen molar-refractivity contribution in [2.75, 3.05) is 0 Å². The van der Waals surface area contributed by atoms with Crippen molar-refractivity contribution in [1.82, 2.24) is 9.78 Å². The summed E-state index contributed by atoms with van der Waals surface area (Å²) in [5.41, 5.74) is 2.55. The highest BCUT2D eigenvalue weighted by Crippen LogP contribution is 2.34. The molecule has 0 aromatic carbocycles. The van der Waals surface area contributed by atoms with Crippen molar-refractivity contribution >= 4 is 11.3 Å². The molecule has 3 rings (SSSR count). The van der Waals surface area contributed by atoms with Crippen LogP contribution in [-0.2, 0) is 26.3 Å². The monoisotopic (exact) mass is 248 g/mol. The van der Waals surface area contributed by atoms with Gasteiger partial charge in [0.2, 0.25) is 0 Å². The second-order valence-corrected chi connectivity index (χ2v) is 5.86. The van der Waals surface area contributed by atoms with Crippen LogP contribution in [0.3, 0.4) is 0 Å². The Morgan fingerprint density at radius 3 is 3.12 bits per heavy atom. The molecule has 0 saturated carbocycles. The summed E-state index contributed by atoms with van der Waals surface area (Å²) in [6.07, 6.45) is 7.72. The van der Waals surface area contributed by atoms with E-state index in [4.69, 9.17) is 0 Å². The fraction of sp³-hybridized carbons (Fsp3) is 0.462. The second kappa shape index (κ2) is 4.27. The SMILES string of the molecule is Cn1cc(CC(O)c2cc3c(s2)CCC3)cn1. The van der Waals surface area contributed by atoms with Crippen molar-refractivity contribution in [3.63, 3.8) is 0 Å². The van der Waals surface area contributed by atoms with Crippen molar-refractivity contribution in [3.8, 4) is 0 Å². The van der Waals surface area contributed by atoms with E-state index in [1.807, 2.05) is 19.4 Å². The number of aliphatic hydroxyl groups is 1. The molecule has 0 amide bonds. The van der Waals surface area contributed by atoms with E-state index in [0.717, 1.165) is 10.4 Å². The smallest absolute Gasteiger partial charge is 0.0923 e. The molecule has 0 aliphatic heterocycles. The summed E-state index contributed by atoms with van der Waals surface area (Å²) in [5.74, 6) is 0. The Balaban J connectivity index is 1.75. The van der Waals surface area contributed by atoms with Gasteiger partial charge in [0.05, 0.1) is 12.3 Å². The van der Waals surface area contributed by atoms with Gasteiger partial charge in [-0.15, -0.1) is 11.3 Å². The fourth-order valence-corrected chi connectivity index (χ4v) is 3.66. The lowest BCUT2D eigenvalue weighted by molar-refractivity contribution is 0.182. The number of aromatic nitrogens is 2. The van der Waals surface area contributed by atoms with Crippen LogP contribution in [0.5, 0.6) is 0 Å². The third-order valence-corrected chi connectivity index (χ3v) is 4.62. The Bertz CT molecular complexity index is 508. The molecule has 0 spiro atoms. The number of aliphatic hydroxyl groups excluding tert-OH is 1. The maximum Gasteiger partial charge on any atom is 0.0923 e. The van der Waals surface area contributed by atoms with Gasteiger partial charge in [-0.1, -0.05) is 0 Å². The van der Waals surface area contributed by atoms with Gasteiger partial charge >= 0.3 is 0 Å². The van der Waals surface area contributed by atoms with E-state index in [1.54, 1.807) is 16.0 Å². The molecule has 90 valence electrons. The highest BCUT2D eigenvalue weighted by Gasteiger charge is 2.19. The van der Waals surface area contributed by atoms with Crippen molar-refractivity contribution in [2.45, 2.75) is 31.8 Å². The van der Waals surface area contributed by atoms with E-state index in [1.165, 1.54) is 29.7 Å². The third kappa shape index (κ3) is 2.15. The van der Waals surface area contributed by atoms with Crippen molar-refractivity contribution in [2.24, 2.45) is 7.05 Å². The van der Waals surface area contributed by atoms with Crippen LogP contribution in [0.2, 0.25) is 0 Å². The van der Waals surface area contributed by atoms with Crippen molar-refractivity contribution in [3.05, 3.63) is 39.3 Å². The van der Waals surface area contributed by atoms with E-state index >= 15 is 0 Å². The van der Waals surface area contributed by atoms with E-state index in [2.05, 4.69) is 11.2 Å². The van der Waals surface area contributed by atoms with Gasteiger partial charge in [-0.05, 0) is 36.5 Å². The predicted molar refractivity (Wildman–Crippen MR) is 68.2 cm³/mol. The second-order valence-electron chi connectivity index (χ2n) is 4.69. The van der Waals surface area contributed by atoms with E-state index in [0.29, 0.717) is 6.42 Å². The van der Waals surface area contributed by atoms with E-state index in [9.17, 15) is 5.11 Å². The fourth-order valence-electron chi connectivity index (χ4n) is 2.42. The highest BCUT2D eigenvalue weighted by atomic mass is 32.1. The molecule has 2 aromatic heterocycles. The quantitative estimate of drug-likeness (QED) is 0.904. The van der Waals surface area contributed by atoms with Crippen LogP contribution >= 0.6 is 11.3 Å². The molecular weight excluding hydrogens is 232 g/mol. The largest absolute Gasteiger partial charge is 0.387 e. The minimum Gasteiger partial charge on any atom is -0.387 e. The minimum absolute atomic E-state index is 0.380. The van der Waals surface area contributed by atoms with Crippen LogP contribution in [0.15, 0.2) is 18.5 Å². The topological polar surface area (TPSA) is 38.0 Å². The Hall–Kier alpha value is -1.13. The van der Waals surface area contributed by atoms with Gasteiger partial charge < -0.3 is 5.11 Å². The number of fused-ring (bicyclic) bond motifs is 1. The van der Waals surface area contributed by atoms with Crippen LogP contribution in [0.25, 0.3) is 0 Å². The third-order valence-electron chi connectivity index (χ3n) is 3.28. The zero-order valence-corrected chi connectivity index (χ0v) is 10.7. The van der Waals surface area contributed by atoms with Gasteiger partial charge in [0.15, 0.2) is 0 Å². The van der Waals surface area contributed by atoms with Crippen LogP contribution < -0.4 is 0 Å². The molecule has 0 fully saturated rings. The molecule has 1 aliphatic carbocycles. The molecular formula is C13H16N2OS. The normalized spacial score (nSPS) is 16.1. The Morgan fingerprint density at radius 1 is 1.53 bits per heavy atom. The maximum absolute atomic E-state index is 10.2. The van der Waals surface area contributed by atoms with Crippen molar-refractivity contribution in [1.29, 1.82) is 0 Å².